The Morgan fingerprint density at radius 3 is 2.59 bits per heavy atom. The minimum absolute atomic E-state index is 0.255. The number of aromatic nitrogens is 3. The number of para-hydroxylation sites is 2. The molecule has 0 saturated carbocycles. The summed E-state index contributed by atoms with van der Waals surface area (Å²) in [7, 11) is 0. The fraction of sp³-hybridized carbons (Fsp3) is 0.238. The van der Waals surface area contributed by atoms with Crippen molar-refractivity contribution in [2.75, 3.05) is 41.8 Å². The standard InChI is InChI=1S/C21H22N6O2/c28-21(26-17-6-1-2-7-19(17)27-9-11-29-12-10-27)18-14-25-20(15-23-18)24-13-16-5-3-4-8-22-16/h1-8,14-15H,9-13H2,(H,24,25)(H,26,28). The van der Waals surface area contributed by atoms with E-state index in [1.807, 2.05) is 42.5 Å². The molecule has 1 saturated heterocycles. The van der Waals surface area contributed by atoms with Gasteiger partial charge in [0.25, 0.3) is 5.91 Å². The van der Waals surface area contributed by atoms with Crippen LogP contribution in [0.15, 0.2) is 61.1 Å². The van der Waals surface area contributed by atoms with Crippen molar-refractivity contribution in [2.24, 2.45) is 0 Å². The largest absolute Gasteiger partial charge is 0.378 e. The van der Waals surface area contributed by atoms with Crippen molar-refractivity contribution in [3.8, 4) is 0 Å². The number of hydrogen-bond acceptors (Lipinski definition) is 7. The van der Waals surface area contributed by atoms with E-state index in [9.17, 15) is 4.79 Å². The fourth-order valence-corrected chi connectivity index (χ4v) is 3.07. The number of carbonyl (C=O) groups excluding carboxylic acids is 1. The maximum absolute atomic E-state index is 12.7. The molecule has 1 aliphatic rings. The van der Waals surface area contributed by atoms with E-state index in [1.54, 1.807) is 12.4 Å². The normalized spacial score (nSPS) is 13.7. The smallest absolute Gasteiger partial charge is 0.275 e. The molecule has 2 N–H and O–H groups in total. The predicted molar refractivity (Wildman–Crippen MR) is 111 cm³/mol. The molecule has 29 heavy (non-hydrogen) atoms. The van der Waals surface area contributed by atoms with Gasteiger partial charge in [0, 0.05) is 19.3 Å². The molecule has 0 atom stereocenters. The first kappa shape index (κ1) is 18.8. The maximum atomic E-state index is 12.7. The van der Waals surface area contributed by atoms with E-state index < -0.39 is 0 Å². The van der Waals surface area contributed by atoms with Crippen molar-refractivity contribution in [3.05, 3.63) is 72.4 Å². The van der Waals surface area contributed by atoms with Crippen molar-refractivity contribution in [2.45, 2.75) is 6.54 Å². The number of amides is 1. The molecule has 1 aromatic carbocycles. The number of nitrogens with zero attached hydrogens (tertiary/aromatic N) is 4. The van der Waals surface area contributed by atoms with Gasteiger partial charge in [0.1, 0.15) is 11.5 Å². The number of ether oxygens (including phenoxy) is 1. The first-order valence-corrected chi connectivity index (χ1v) is 9.48. The average molecular weight is 390 g/mol. The molecular weight excluding hydrogens is 368 g/mol. The third kappa shape index (κ3) is 4.85. The predicted octanol–water partition coefficient (Wildman–Crippen LogP) is 2.57. The second kappa shape index (κ2) is 9.11. The highest BCUT2D eigenvalue weighted by molar-refractivity contribution is 6.04. The van der Waals surface area contributed by atoms with Gasteiger partial charge < -0.3 is 20.3 Å². The Bertz CT molecular complexity index is 943. The quantitative estimate of drug-likeness (QED) is 0.668. The van der Waals surface area contributed by atoms with Crippen LogP contribution in [-0.2, 0) is 11.3 Å². The number of benzene rings is 1. The van der Waals surface area contributed by atoms with E-state index in [1.165, 1.54) is 6.20 Å². The lowest BCUT2D eigenvalue weighted by Crippen LogP contribution is -2.36. The van der Waals surface area contributed by atoms with Gasteiger partial charge in [0.05, 0.1) is 49.2 Å². The van der Waals surface area contributed by atoms with Gasteiger partial charge in [-0.25, -0.2) is 9.97 Å². The molecule has 1 aliphatic heterocycles. The molecule has 0 radical (unpaired) electrons. The first-order valence-electron chi connectivity index (χ1n) is 9.48. The van der Waals surface area contributed by atoms with Crippen LogP contribution in [0.1, 0.15) is 16.2 Å². The average Bonchev–Trinajstić information content (AvgIpc) is 2.80. The molecule has 1 fully saturated rings. The van der Waals surface area contributed by atoms with E-state index in [4.69, 9.17) is 4.74 Å². The van der Waals surface area contributed by atoms with Gasteiger partial charge in [-0.3, -0.25) is 9.78 Å². The first-order chi connectivity index (χ1) is 14.3. The zero-order chi connectivity index (χ0) is 19.9. The van der Waals surface area contributed by atoms with E-state index in [0.29, 0.717) is 25.6 Å². The van der Waals surface area contributed by atoms with Crippen LogP contribution in [0.4, 0.5) is 17.2 Å². The van der Waals surface area contributed by atoms with Crippen molar-refractivity contribution in [1.82, 2.24) is 15.0 Å². The van der Waals surface area contributed by atoms with Gasteiger partial charge in [0.2, 0.25) is 0 Å². The Balaban J connectivity index is 1.40. The van der Waals surface area contributed by atoms with Crippen LogP contribution in [0, 0.1) is 0 Å². The molecule has 8 nitrogen and oxygen atoms in total. The van der Waals surface area contributed by atoms with Crippen LogP contribution in [0.3, 0.4) is 0 Å². The molecule has 3 heterocycles. The topological polar surface area (TPSA) is 92.3 Å². The van der Waals surface area contributed by atoms with E-state index in [2.05, 4.69) is 30.5 Å². The number of pyridine rings is 1. The Morgan fingerprint density at radius 2 is 1.83 bits per heavy atom. The number of anilines is 3. The Labute approximate surface area is 169 Å². The van der Waals surface area contributed by atoms with Crippen LogP contribution in [0.5, 0.6) is 0 Å². The van der Waals surface area contributed by atoms with Crippen LogP contribution < -0.4 is 15.5 Å². The summed E-state index contributed by atoms with van der Waals surface area (Å²) in [4.78, 5) is 27.6. The summed E-state index contributed by atoms with van der Waals surface area (Å²) < 4.78 is 5.41. The van der Waals surface area contributed by atoms with Gasteiger partial charge in [-0.05, 0) is 24.3 Å². The second-order valence-electron chi connectivity index (χ2n) is 6.53. The summed E-state index contributed by atoms with van der Waals surface area (Å²) in [6.45, 7) is 3.49. The third-order valence-electron chi connectivity index (χ3n) is 4.57. The fourth-order valence-electron chi connectivity index (χ4n) is 3.07. The molecule has 3 aromatic rings. The SMILES string of the molecule is O=C(Nc1ccccc1N1CCOCC1)c1cnc(NCc2ccccn2)cn1. The zero-order valence-electron chi connectivity index (χ0n) is 15.9. The van der Waals surface area contributed by atoms with Gasteiger partial charge in [-0.2, -0.15) is 0 Å². The highest BCUT2D eigenvalue weighted by atomic mass is 16.5. The van der Waals surface area contributed by atoms with E-state index >= 15 is 0 Å². The number of rotatable bonds is 6. The van der Waals surface area contributed by atoms with Crippen molar-refractivity contribution >= 4 is 23.1 Å². The summed E-state index contributed by atoms with van der Waals surface area (Å²) in [6.07, 6.45) is 4.75. The van der Waals surface area contributed by atoms with Crippen LogP contribution >= 0.6 is 0 Å². The second-order valence-corrected chi connectivity index (χ2v) is 6.53. The van der Waals surface area contributed by atoms with Crippen LogP contribution in [0.2, 0.25) is 0 Å². The highest BCUT2D eigenvalue weighted by Crippen LogP contribution is 2.26. The van der Waals surface area contributed by atoms with E-state index in [-0.39, 0.29) is 11.6 Å². The van der Waals surface area contributed by atoms with Crippen LogP contribution in [-0.4, -0.2) is 47.2 Å². The lowest BCUT2D eigenvalue weighted by atomic mass is 10.2. The molecule has 0 bridgehead atoms. The van der Waals surface area contributed by atoms with Gasteiger partial charge >= 0.3 is 0 Å². The number of carbonyl (C=O) groups is 1. The van der Waals surface area contributed by atoms with Gasteiger partial charge in [-0.1, -0.05) is 18.2 Å². The van der Waals surface area contributed by atoms with Crippen molar-refractivity contribution in [1.29, 1.82) is 0 Å². The summed E-state index contributed by atoms with van der Waals surface area (Å²) in [5, 5.41) is 6.09. The summed E-state index contributed by atoms with van der Waals surface area (Å²) in [5.74, 6) is 0.287. The van der Waals surface area contributed by atoms with Gasteiger partial charge in [0.15, 0.2) is 0 Å². The van der Waals surface area contributed by atoms with Gasteiger partial charge in [-0.15, -0.1) is 0 Å². The minimum atomic E-state index is -0.297. The molecule has 0 spiro atoms. The number of nitrogens with one attached hydrogen (secondary N) is 2. The summed E-state index contributed by atoms with van der Waals surface area (Å²) >= 11 is 0. The molecule has 1 amide bonds. The molecule has 148 valence electrons. The zero-order valence-corrected chi connectivity index (χ0v) is 15.9. The minimum Gasteiger partial charge on any atom is -0.378 e. The molecule has 8 heteroatoms. The molecular formula is C21H22N6O2. The lowest BCUT2D eigenvalue weighted by Gasteiger charge is -2.30. The number of morpholine rings is 1. The van der Waals surface area contributed by atoms with Crippen LogP contribution in [0.25, 0.3) is 0 Å². The Kier molecular flexibility index (Phi) is 5.92. The summed E-state index contributed by atoms with van der Waals surface area (Å²) in [5.41, 5.74) is 2.88. The van der Waals surface area contributed by atoms with Crippen molar-refractivity contribution < 1.29 is 9.53 Å². The third-order valence-corrected chi connectivity index (χ3v) is 4.57. The highest BCUT2D eigenvalue weighted by Gasteiger charge is 2.17. The lowest BCUT2D eigenvalue weighted by molar-refractivity contribution is 0.102. The molecule has 2 aromatic heterocycles. The molecule has 4 rings (SSSR count). The monoisotopic (exact) mass is 390 g/mol. The van der Waals surface area contributed by atoms with Crippen molar-refractivity contribution in [3.63, 3.8) is 0 Å². The maximum Gasteiger partial charge on any atom is 0.275 e. The number of hydrogen-bond donors (Lipinski definition) is 2. The Morgan fingerprint density at radius 1 is 1.00 bits per heavy atom. The molecule has 0 aliphatic carbocycles. The van der Waals surface area contributed by atoms with E-state index in [0.717, 1.165) is 30.2 Å². The summed E-state index contributed by atoms with van der Waals surface area (Å²) in [6, 6.07) is 13.5. The molecule has 0 unspecified atom stereocenters. The Hall–Kier alpha value is -3.52.